The number of carbonyl (C=O) groups excluding carboxylic acids is 3. The van der Waals surface area contributed by atoms with Gasteiger partial charge in [-0.15, -0.1) is 0 Å². The zero-order valence-corrected chi connectivity index (χ0v) is 13.5. The van der Waals surface area contributed by atoms with E-state index in [2.05, 4.69) is 15.9 Å². The number of halogens is 3. The Kier molecular flexibility index (Phi) is 9.86. The summed E-state index contributed by atoms with van der Waals surface area (Å²) in [6.45, 7) is -1.18. The lowest BCUT2D eigenvalue weighted by molar-refractivity contribution is -0.163. The topological polar surface area (TPSA) is 102 Å². The molecule has 1 amide bonds. The second-order valence-electron chi connectivity index (χ2n) is 3.40. The summed E-state index contributed by atoms with van der Waals surface area (Å²) in [5.74, 6) is -0.828. The molecule has 0 aliphatic rings. The van der Waals surface area contributed by atoms with Gasteiger partial charge in [0, 0.05) is 12.2 Å². The predicted molar refractivity (Wildman–Crippen MR) is 79.0 cm³/mol. The van der Waals surface area contributed by atoms with Gasteiger partial charge in [0.05, 0.1) is 12.6 Å². The minimum absolute atomic E-state index is 0.559. The predicted octanol–water partition coefficient (Wildman–Crippen LogP) is 0.870. The van der Waals surface area contributed by atoms with Crippen LogP contribution < -0.4 is 0 Å². The highest BCUT2D eigenvalue weighted by molar-refractivity contribution is 9.11. The third kappa shape index (κ3) is 7.94. The molecule has 0 aliphatic heterocycles. The molecule has 114 valence electrons. The van der Waals surface area contributed by atoms with Crippen molar-refractivity contribution >= 4 is 55.5 Å². The van der Waals surface area contributed by atoms with Gasteiger partial charge in [-0.1, -0.05) is 15.9 Å². The fraction of sp³-hybridized carbons (Fsp3) is 0.273. The van der Waals surface area contributed by atoms with Crippen molar-refractivity contribution in [2.24, 2.45) is 0 Å². The Hall–Kier alpha value is -1.24. The first-order valence-electron chi connectivity index (χ1n) is 5.29. The minimum atomic E-state index is -1.43. The summed E-state index contributed by atoms with van der Waals surface area (Å²) < 4.78 is 0. The van der Waals surface area contributed by atoms with Crippen LogP contribution in [0.4, 0.5) is 0 Å². The maximum Gasteiger partial charge on any atom is 0.262 e. The van der Waals surface area contributed by atoms with E-state index < -0.39 is 35.7 Å². The quantitative estimate of drug-likeness (QED) is 0.214. The number of amides is 1. The molecule has 0 aromatic rings. The van der Waals surface area contributed by atoms with Crippen LogP contribution in [0.15, 0.2) is 23.2 Å². The number of nitriles is 1. The first-order valence-corrected chi connectivity index (χ1v) is 6.96. The maximum atomic E-state index is 11.9. The fourth-order valence-electron chi connectivity index (χ4n) is 1.22. The molecule has 0 saturated heterocycles. The molecule has 1 N–H and O–H groups in total. The van der Waals surface area contributed by atoms with Crippen LogP contribution in [0, 0.1) is 11.3 Å². The van der Waals surface area contributed by atoms with E-state index in [9.17, 15) is 19.5 Å². The number of hydrazine groups is 1. The summed E-state index contributed by atoms with van der Waals surface area (Å²) >= 11 is 13.4. The number of rotatable bonds is 8. The molecule has 10 heteroatoms. The summed E-state index contributed by atoms with van der Waals surface area (Å²) in [6, 6.07) is 1.60. The van der Waals surface area contributed by atoms with Crippen LogP contribution in [0.2, 0.25) is 0 Å². The van der Waals surface area contributed by atoms with Crippen LogP contribution in [0.3, 0.4) is 0 Å². The molecule has 0 heterocycles. The zero-order chi connectivity index (χ0) is 16.4. The van der Waals surface area contributed by atoms with Crippen molar-refractivity contribution in [2.75, 3.05) is 13.1 Å². The van der Waals surface area contributed by atoms with Crippen molar-refractivity contribution in [3.63, 3.8) is 0 Å². The van der Waals surface area contributed by atoms with E-state index in [0.29, 0.717) is 5.01 Å². The highest BCUT2D eigenvalue weighted by atomic mass is 79.9. The van der Waals surface area contributed by atoms with E-state index in [1.165, 1.54) is 11.1 Å². The zero-order valence-electron chi connectivity index (χ0n) is 10.4. The number of aliphatic hydroxyl groups excluding tert-OH is 1. The fourth-order valence-corrected chi connectivity index (χ4v) is 1.73. The molecule has 0 rings (SSSR count). The van der Waals surface area contributed by atoms with Gasteiger partial charge in [-0.05, 0) is 34.3 Å². The normalized spacial score (nSPS) is 12.6. The minimum Gasteiger partial charge on any atom is -0.373 e. The maximum absolute atomic E-state index is 11.9. The number of carbonyl (C=O) groups is 3. The number of nitrogens with zero attached hydrogens (tertiary/aromatic N) is 3. The molecule has 0 radical (unpaired) electrons. The van der Waals surface area contributed by atoms with Crippen molar-refractivity contribution in [1.82, 2.24) is 10.0 Å². The molecule has 1 atom stereocenters. The number of allylic oxidation sites excluding steroid dienone is 1. The van der Waals surface area contributed by atoms with Gasteiger partial charge < -0.3 is 5.11 Å². The number of aliphatic hydroxyl groups is 1. The van der Waals surface area contributed by atoms with Gasteiger partial charge in [-0.2, -0.15) is 10.3 Å². The van der Waals surface area contributed by atoms with Gasteiger partial charge in [0.1, 0.15) is 12.8 Å². The highest BCUT2D eigenvalue weighted by Crippen LogP contribution is 2.09. The van der Waals surface area contributed by atoms with E-state index in [-0.39, 0.29) is 0 Å². The monoisotopic (exact) mass is 397 g/mol. The molecule has 0 aromatic carbocycles. The van der Waals surface area contributed by atoms with Crippen LogP contribution >= 0.6 is 39.1 Å². The second-order valence-corrected chi connectivity index (χ2v) is 4.77. The Bertz CT molecular complexity index is 504. The second kappa shape index (κ2) is 10.5. The molecule has 0 spiro atoms. The molecular weight excluding hydrogens is 389 g/mol. The van der Waals surface area contributed by atoms with Gasteiger partial charge in [-0.3, -0.25) is 19.4 Å². The number of hydrogen-bond acceptors (Lipinski definition) is 6. The molecule has 1 unspecified atom stereocenters. The van der Waals surface area contributed by atoms with E-state index in [1.54, 1.807) is 6.07 Å². The first kappa shape index (κ1) is 19.8. The van der Waals surface area contributed by atoms with Crippen LogP contribution in [0.25, 0.3) is 0 Å². The van der Waals surface area contributed by atoms with Gasteiger partial charge >= 0.3 is 0 Å². The largest absolute Gasteiger partial charge is 0.373 e. The molecule has 0 aliphatic carbocycles. The summed E-state index contributed by atoms with van der Waals surface area (Å²) in [5.41, 5.74) is 0. The summed E-state index contributed by atoms with van der Waals surface area (Å²) in [5, 5.41) is 18.0. The summed E-state index contributed by atoms with van der Waals surface area (Å²) in [7, 11) is 0. The smallest absolute Gasteiger partial charge is 0.262 e. The molecular formula is C11H10BrCl2N3O4. The third-order valence-corrected chi connectivity index (χ3v) is 2.52. The van der Waals surface area contributed by atoms with Crippen LogP contribution in [0.5, 0.6) is 0 Å². The third-order valence-electron chi connectivity index (χ3n) is 1.98. The van der Waals surface area contributed by atoms with Gasteiger partial charge in [0.25, 0.3) is 5.91 Å². The number of hydrogen-bond donors (Lipinski definition) is 1. The lowest BCUT2D eigenvalue weighted by Gasteiger charge is -2.34. The standard InChI is InChI=1S/C11H10BrCl2N3O4/c12-4-3-11(21)17(7-9(14)19)16(6-8(13)18)10(20)2-1-5-15/h1-4,11,21H,6-7H2/b2-1+,4-3+. The SMILES string of the molecule is N#C/C=C/C(=O)N(CC(=O)Cl)N(CC(=O)Cl)C(O)/C=C/Br. The molecule has 21 heavy (non-hydrogen) atoms. The molecule has 0 saturated carbocycles. The Labute approximate surface area is 139 Å². The molecule has 0 bridgehead atoms. The molecule has 7 nitrogen and oxygen atoms in total. The summed E-state index contributed by atoms with van der Waals surface area (Å²) in [6.07, 6.45) is 1.49. The lowest BCUT2D eigenvalue weighted by Crippen LogP contribution is -2.53. The van der Waals surface area contributed by atoms with Crippen molar-refractivity contribution in [3.8, 4) is 6.07 Å². The van der Waals surface area contributed by atoms with Crippen LogP contribution in [0.1, 0.15) is 0 Å². The van der Waals surface area contributed by atoms with Gasteiger partial charge in [0.15, 0.2) is 0 Å². The molecule has 0 fully saturated rings. The highest BCUT2D eigenvalue weighted by Gasteiger charge is 2.27. The van der Waals surface area contributed by atoms with E-state index in [1.807, 2.05) is 0 Å². The molecule has 0 aromatic heterocycles. The van der Waals surface area contributed by atoms with Crippen molar-refractivity contribution in [2.45, 2.75) is 6.23 Å². The first-order chi connectivity index (χ1) is 9.83. The van der Waals surface area contributed by atoms with Crippen LogP contribution in [-0.4, -0.2) is 50.8 Å². The van der Waals surface area contributed by atoms with E-state index in [0.717, 1.165) is 17.2 Å². The van der Waals surface area contributed by atoms with Crippen molar-refractivity contribution in [1.29, 1.82) is 5.26 Å². The average Bonchev–Trinajstić information content (AvgIpc) is 2.39. The Morgan fingerprint density at radius 3 is 2.29 bits per heavy atom. The van der Waals surface area contributed by atoms with Crippen molar-refractivity contribution in [3.05, 3.63) is 23.2 Å². The van der Waals surface area contributed by atoms with Crippen LogP contribution in [-0.2, 0) is 14.4 Å². The van der Waals surface area contributed by atoms with Crippen molar-refractivity contribution < 1.29 is 19.5 Å². The Morgan fingerprint density at radius 2 is 1.86 bits per heavy atom. The van der Waals surface area contributed by atoms with Gasteiger partial charge in [0.2, 0.25) is 10.5 Å². The average molecular weight is 399 g/mol. The van der Waals surface area contributed by atoms with Gasteiger partial charge in [-0.25, -0.2) is 0 Å². The summed E-state index contributed by atoms with van der Waals surface area (Å²) in [4.78, 5) is 35.3. The Morgan fingerprint density at radius 1 is 1.29 bits per heavy atom. The Balaban J connectivity index is 5.49. The van der Waals surface area contributed by atoms with E-state index >= 15 is 0 Å². The lowest BCUT2D eigenvalue weighted by atomic mass is 10.4. The van der Waals surface area contributed by atoms with E-state index in [4.69, 9.17) is 28.5 Å².